The Morgan fingerprint density at radius 3 is 2.32 bits per heavy atom. The Balaban J connectivity index is 2.30. The molecule has 2 rings (SSSR count). The largest absolute Gasteiger partial charge is 0.479 e. The first-order valence-corrected chi connectivity index (χ1v) is 7.07. The van der Waals surface area contributed by atoms with Crippen molar-refractivity contribution in [3.63, 3.8) is 0 Å². The van der Waals surface area contributed by atoms with Gasteiger partial charge in [-0.25, -0.2) is 4.79 Å². The van der Waals surface area contributed by atoms with E-state index in [0.717, 1.165) is 37.7 Å². The minimum absolute atomic E-state index is 0.144. The monoisotopic (exact) mass is 262 g/mol. The van der Waals surface area contributed by atoms with Gasteiger partial charge < -0.3 is 10.2 Å². The Kier molecular flexibility index (Phi) is 4.25. The van der Waals surface area contributed by atoms with Gasteiger partial charge in [0, 0.05) is 5.92 Å². The zero-order valence-corrected chi connectivity index (χ0v) is 11.4. The van der Waals surface area contributed by atoms with Crippen molar-refractivity contribution in [3.8, 4) is 0 Å². The molecule has 1 fully saturated rings. The van der Waals surface area contributed by atoms with Crippen molar-refractivity contribution in [1.29, 1.82) is 0 Å². The lowest BCUT2D eigenvalue weighted by Crippen LogP contribution is -2.50. The third-order valence-electron chi connectivity index (χ3n) is 4.53. The van der Waals surface area contributed by atoms with Crippen LogP contribution in [0.15, 0.2) is 30.3 Å². The number of hydrogen-bond acceptors (Lipinski definition) is 2. The minimum Gasteiger partial charge on any atom is -0.479 e. The summed E-state index contributed by atoms with van der Waals surface area (Å²) < 4.78 is 0. The molecule has 0 saturated heterocycles. The first kappa shape index (κ1) is 14.1. The molecule has 1 aromatic rings. The van der Waals surface area contributed by atoms with E-state index in [2.05, 4.69) is 0 Å². The standard InChI is InChI=1S/C16H22O3/c1-12(13-8-4-2-5-9-13)16(19,15(17)18)14-10-6-3-7-11-14/h2,4-5,8-9,12,14,19H,3,6-7,10-11H2,1H3,(H,17,18). The number of benzene rings is 1. The summed E-state index contributed by atoms with van der Waals surface area (Å²) in [4.78, 5) is 11.7. The lowest BCUT2D eigenvalue weighted by atomic mass is 9.69. The van der Waals surface area contributed by atoms with E-state index in [1.165, 1.54) is 0 Å². The van der Waals surface area contributed by atoms with Crippen molar-refractivity contribution in [2.45, 2.75) is 50.5 Å². The van der Waals surface area contributed by atoms with E-state index < -0.39 is 17.5 Å². The molecule has 104 valence electrons. The summed E-state index contributed by atoms with van der Waals surface area (Å²) in [6.45, 7) is 1.82. The Labute approximate surface area is 114 Å². The number of aliphatic hydroxyl groups is 1. The lowest BCUT2D eigenvalue weighted by Gasteiger charge is -2.39. The summed E-state index contributed by atoms with van der Waals surface area (Å²) in [5, 5.41) is 20.4. The van der Waals surface area contributed by atoms with Crippen molar-refractivity contribution in [2.24, 2.45) is 5.92 Å². The molecule has 1 aromatic carbocycles. The molecule has 0 amide bonds. The van der Waals surface area contributed by atoms with Crippen LogP contribution in [0.3, 0.4) is 0 Å². The molecule has 2 unspecified atom stereocenters. The maximum atomic E-state index is 11.7. The average Bonchev–Trinajstić information content (AvgIpc) is 2.47. The van der Waals surface area contributed by atoms with E-state index in [1.807, 2.05) is 37.3 Å². The topological polar surface area (TPSA) is 57.5 Å². The summed E-state index contributed by atoms with van der Waals surface area (Å²) in [6.07, 6.45) is 4.79. The van der Waals surface area contributed by atoms with Crippen LogP contribution in [0.1, 0.15) is 50.5 Å². The molecule has 0 spiro atoms. The van der Waals surface area contributed by atoms with Gasteiger partial charge in [0.15, 0.2) is 5.60 Å². The van der Waals surface area contributed by atoms with Crippen molar-refractivity contribution >= 4 is 5.97 Å². The van der Waals surface area contributed by atoms with Crippen LogP contribution in [0.5, 0.6) is 0 Å². The molecule has 1 aliphatic rings. The molecular formula is C16H22O3. The summed E-state index contributed by atoms with van der Waals surface area (Å²) >= 11 is 0. The molecule has 3 nitrogen and oxygen atoms in total. The van der Waals surface area contributed by atoms with Crippen molar-refractivity contribution < 1.29 is 15.0 Å². The Morgan fingerprint density at radius 2 is 1.79 bits per heavy atom. The van der Waals surface area contributed by atoms with Crippen LogP contribution in [0, 0.1) is 5.92 Å². The predicted molar refractivity (Wildman–Crippen MR) is 74.0 cm³/mol. The summed E-state index contributed by atoms with van der Waals surface area (Å²) in [7, 11) is 0. The zero-order chi connectivity index (χ0) is 13.9. The highest BCUT2D eigenvalue weighted by Gasteiger charge is 2.49. The molecule has 0 radical (unpaired) electrons. The van der Waals surface area contributed by atoms with E-state index in [-0.39, 0.29) is 5.92 Å². The van der Waals surface area contributed by atoms with Crippen molar-refractivity contribution in [1.82, 2.24) is 0 Å². The van der Waals surface area contributed by atoms with E-state index >= 15 is 0 Å². The summed E-state index contributed by atoms with van der Waals surface area (Å²) in [5.41, 5.74) is -0.764. The molecule has 1 saturated carbocycles. The smallest absolute Gasteiger partial charge is 0.336 e. The lowest BCUT2D eigenvalue weighted by molar-refractivity contribution is -0.169. The van der Waals surface area contributed by atoms with Crippen LogP contribution >= 0.6 is 0 Å². The van der Waals surface area contributed by atoms with Gasteiger partial charge in [-0.2, -0.15) is 0 Å². The van der Waals surface area contributed by atoms with Crippen LogP contribution in [-0.2, 0) is 4.79 Å². The van der Waals surface area contributed by atoms with Crippen LogP contribution in [0.2, 0.25) is 0 Å². The van der Waals surface area contributed by atoms with Crippen LogP contribution in [0.25, 0.3) is 0 Å². The fourth-order valence-corrected chi connectivity index (χ4v) is 3.25. The van der Waals surface area contributed by atoms with Gasteiger partial charge in [0.1, 0.15) is 0 Å². The summed E-state index contributed by atoms with van der Waals surface area (Å²) in [5.74, 6) is -1.63. The number of carboxylic acid groups (broad SMARTS) is 1. The van der Waals surface area contributed by atoms with E-state index in [9.17, 15) is 15.0 Å². The molecular weight excluding hydrogens is 240 g/mol. The van der Waals surface area contributed by atoms with Crippen LogP contribution in [-0.4, -0.2) is 21.8 Å². The van der Waals surface area contributed by atoms with Gasteiger partial charge in [-0.3, -0.25) is 0 Å². The zero-order valence-electron chi connectivity index (χ0n) is 11.4. The first-order chi connectivity index (χ1) is 9.06. The molecule has 0 heterocycles. The fourth-order valence-electron chi connectivity index (χ4n) is 3.25. The van der Waals surface area contributed by atoms with Gasteiger partial charge in [0.05, 0.1) is 0 Å². The van der Waals surface area contributed by atoms with E-state index in [1.54, 1.807) is 0 Å². The normalized spacial score (nSPS) is 21.6. The number of aliphatic carboxylic acids is 1. The third kappa shape index (κ3) is 2.66. The van der Waals surface area contributed by atoms with Crippen molar-refractivity contribution in [2.75, 3.05) is 0 Å². The van der Waals surface area contributed by atoms with Gasteiger partial charge in [0.2, 0.25) is 0 Å². The van der Waals surface area contributed by atoms with E-state index in [4.69, 9.17) is 0 Å². The second-order valence-electron chi connectivity index (χ2n) is 5.60. The van der Waals surface area contributed by atoms with Gasteiger partial charge in [-0.05, 0) is 24.3 Å². The van der Waals surface area contributed by atoms with Gasteiger partial charge >= 0.3 is 5.97 Å². The minimum atomic E-state index is -1.65. The Hall–Kier alpha value is -1.35. The van der Waals surface area contributed by atoms with E-state index in [0.29, 0.717) is 0 Å². The third-order valence-corrected chi connectivity index (χ3v) is 4.53. The Bertz CT molecular complexity index is 423. The van der Waals surface area contributed by atoms with Crippen molar-refractivity contribution in [3.05, 3.63) is 35.9 Å². The highest BCUT2D eigenvalue weighted by atomic mass is 16.4. The molecule has 0 bridgehead atoms. The Morgan fingerprint density at radius 1 is 1.21 bits per heavy atom. The number of hydrogen-bond donors (Lipinski definition) is 2. The predicted octanol–water partition coefficient (Wildman–Crippen LogP) is 3.19. The second kappa shape index (κ2) is 5.74. The maximum absolute atomic E-state index is 11.7. The number of carboxylic acids is 1. The van der Waals surface area contributed by atoms with Gasteiger partial charge in [-0.1, -0.05) is 56.5 Å². The molecule has 2 atom stereocenters. The first-order valence-electron chi connectivity index (χ1n) is 7.07. The molecule has 19 heavy (non-hydrogen) atoms. The van der Waals surface area contributed by atoms with Gasteiger partial charge in [0.25, 0.3) is 0 Å². The summed E-state index contributed by atoms with van der Waals surface area (Å²) in [6, 6.07) is 9.45. The van der Waals surface area contributed by atoms with Gasteiger partial charge in [-0.15, -0.1) is 0 Å². The highest BCUT2D eigenvalue weighted by Crippen LogP contribution is 2.41. The van der Waals surface area contributed by atoms with Crippen LogP contribution < -0.4 is 0 Å². The fraction of sp³-hybridized carbons (Fsp3) is 0.562. The molecule has 2 N–H and O–H groups in total. The highest BCUT2D eigenvalue weighted by molar-refractivity contribution is 5.79. The molecule has 3 heteroatoms. The molecule has 0 aromatic heterocycles. The quantitative estimate of drug-likeness (QED) is 0.876. The number of rotatable bonds is 4. The SMILES string of the molecule is CC(c1ccccc1)C(O)(C(=O)O)C1CCCCC1. The second-order valence-corrected chi connectivity index (χ2v) is 5.60. The van der Waals surface area contributed by atoms with Crippen LogP contribution in [0.4, 0.5) is 0 Å². The molecule has 1 aliphatic carbocycles. The average molecular weight is 262 g/mol. The molecule has 0 aliphatic heterocycles. The maximum Gasteiger partial charge on any atom is 0.336 e. The number of carbonyl (C=O) groups is 1.